The molecule has 0 fully saturated rings. The standard InChI is InChI=1S/C12H21NO2/c1-9(7-11(3)14)13-10(2)8-12-5-4-6-15-12/h4-6,9-11,13-14H,7-8H2,1-3H3. The summed E-state index contributed by atoms with van der Waals surface area (Å²) in [5, 5.41) is 12.7. The number of hydrogen-bond acceptors (Lipinski definition) is 3. The Balaban J connectivity index is 2.26. The van der Waals surface area contributed by atoms with Crippen LogP contribution in [0.4, 0.5) is 0 Å². The van der Waals surface area contributed by atoms with Crippen LogP contribution in [0, 0.1) is 0 Å². The van der Waals surface area contributed by atoms with Crippen LogP contribution in [-0.4, -0.2) is 23.3 Å². The van der Waals surface area contributed by atoms with E-state index in [9.17, 15) is 5.11 Å². The largest absolute Gasteiger partial charge is 0.469 e. The third-order valence-electron chi connectivity index (χ3n) is 2.35. The molecule has 1 heterocycles. The third kappa shape index (κ3) is 5.00. The lowest BCUT2D eigenvalue weighted by Gasteiger charge is -2.20. The molecule has 3 atom stereocenters. The maximum absolute atomic E-state index is 9.23. The third-order valence-corrected chi connectivity index (χ3v) is 2.35. The van der Waals surface area contributed by atoms with Crippen molar-refractivity contribution in [1.29, 1.82) is 0 Å². The predicted molar refractivity (Wildman–Crippen MR) is 60.8 cm³/mol. The van der Waals surface area contributed by atoms with Gasteiger partial charge >= 0.3 is 0 Å². The second-order valence-corrected chi connectivity index (χ2v) is 4.34. The van der Waals surface area contributed by atoms with Crippen LogP contribution in [0.25, 0.3) is 0 Å². The Hall–Kier alpha value is -0.800. The summed E-state index contributed by atoms with van der Waals surface area (Å²) < 4.78 is 5.28. The molecule has 0 aliphatic heterocycles. The molecular formula is C12H21NO2. The molecule has 0 aliphatic carbocycles. The molecule has 0 spiro atoms. The first-order valence-corrected chi connectivity index (χ1v) is 5.54. The molecule has 0 amide bonds. The summed E-state index contributed by atoms with van der Waals surface area (Å²) >= 11 is 0. The molecule has 0 aromatic carbocycles. The van der Waals surface area contributed by atoms with Crippen molar-refractivity contribution in [3.05, 3.63) is 24.2 Å². The molecule has 0 aliphatic rings. The summed E-state index contributed by atoms with van der Waals surface area (Å²) in [7, 11) is 0. The van der Waals surface area contributed by atoms with E-state index in [2.05, 4.69) is 19.2 Å². The SMILES string of the molecule is CC(O)CC(C)NC(C)Cc1ccco1. The molecule has 1 aromatic heterocycles. The molecule has 86 valence electrons. The van der Waals surface area contributed by atoms with E-state index in [1.54, 1.807) is 6.26 Å². The summed E-state index contributed by atoms with van der Waals surface area (Å²) in [4.78, 5) is 0. The van der Waals surface area contributed by atoms with E-state index in [0.717, 1.165) is 18.6 Å². The summed E-state index contributed by atoms with van der Waals surface area (Å²) in [6, 6.07) is 4.58. The van der Waals surface area contributed by atoms with Gasteiger partial charge in [0.05, 0.1) is 12.4 Å². The molecule has 0 saturated heterocycles. The first-order chi connectivity index (χ1) is 7.08. The van der Waals surface area contributed by atoms with Crippen LogP contribution in [0.2, 0.25) is 0 Å². The highest BCUT2D eigenvalue weighted by atomic mass is 16.3. The minimum Gasteiger partial charge on any atom is -0.469 e. The Morgan fingerprint density at radius 3 is 2.60 bits per heavy atom. The summed E-state index contributed by atoms with van der Waals surface area (Å²) in [5.41, 5.74) is 0. The van der Waals surface area contributed by atoms with Gasteiger partial charge in [0.25, 0.3) is 0 Å². The van der Waals surface area contributed by atoms with Gasteiger partial charge in [0.1, 0.15) is 5.76 Å². The lowest BCUT2D eigenvalue weighted by Crippen LogP contribution is -2.37. The van der Waals surface area contributed by atoms with E-state index in [1.807, 2.05) is 19.1 Å². The maximum Gasteiger partial charge on any atom is 0.105 e. The van der Waals surface area contributed by atoms with E-state index < -0.39 is 0 Å². The monoisotopic (exact) mass is 211 g/mol. The molecule has 1 aromatic rings. The summed E-state index contributed by atoms with van der Waals surface area (Å²) in [5.74, 6) is 0.999. The second-order valence-electron chi connectivity index (χ2n) is 4.34. The molecule has 3 heteroatoms. The Morgan fingerprint density at radius 1 is 1.33 bits per heavy atom. The van der Waals surface area contributed by atoms with Gasteiger partial charge in [-0.1, -0.05) is 0 Å². The van der Waals surface area contributed by atoms with Gasteiger partial charge in [-0.15, -0.1) is 0 Å². The highest BCUT2D eigenvalue weighted by molar-refractivity contribution is 5.00. The predicted octanol–water partition coefficient (Wildman–Crippen LogP) is 1.96. The molecule has 0 radical (unpaired) electrons. The van der Waals surface area contributed by atoms with Gasteiger partial charge in [-0.25, -0.2) is 0 Å². The van der Waals surface area contributed by atoms with E-state index in [-0.39, 0.29) is 6.10 Å². The molecule has 3 nitrogen and oxygen atoms in total. The van der Waals surface area contributed by atoms with E-state index in [1.165, 1.54) is 0 Å². The van der Waals surface area contributed by atoms with Crippen LogP contribution < -0.4 is 5.32 Å². The fourth-order valence-corrected chi connectivity index (χ4v) is 1.85. The number of hydrogen-bond donors (Lipinski definition) is 2. The Morgan fingerprint density at radius 2 is 2.07 bits per heavy atom. The first-order valence-electron chi connectivity index (χ1n) is 5.54. The molecule has 0 saturated carbocycles. The van der Waals surface area contributed by atoms with E-state index in [4.69, 9.17) is 4.42 Å². The quantitative estimate of drug-likeness (QED) is 0.756. The Kier molecular flexibility index (Phi) is 4.85. The van der Waals surface area contributed by atoms with Crippen molar-refractivity contribution < 1.29 is 9.52 Å². The van der Waals surface area contributed by atoms with Gasteiger partial charge in [0, 0.05) is 18.5 Å². The minimum atomic E-state index is -0.247. The van der Waals surface area contributed by atoms with E-state index >= 15 is 0 Å². The molecule has 0 bridgehead atoms. The van der Waals surface area contributed by atoms with Crippen molar-refractivity contribution in [2.75, 3.05) is 0 Å². The molecule has 15 heavy (non-hydrogen) atoms. The average molecular weight is 211 g/mol. The van der Waals surface area contributed by atoms with Crippen LogP contribution in [0.3, 0.4) is 0 Å². The highest BCUT2D eigenvalue weighted by Crippen LogP contribution is 2.05. The van der Waals surface area contributed by atoms with Crippen LogP contribution >= 0.6 is 0 Å². The van der Waals surface area contributed by atoms with Crippen LogP contribution in [0.5, 0.6) is 0 Å². The zero-order valence-electron chi connectivity index (χ0n) is 9.73. The van der Waals surface area contributed by atoms with Crippen molar-refractivity contribution in [1.82, 2.24) is 5.32 Å². The minimum absolute atomic E-state index is 0.247. The number of rotatable bonds is 6. The molecule has 3 unspecified atom stereocenters. The Bertz CT molecular complexity index is 257. The lowest BCUT2D eigenvalue weighted by atomic mass is 10.1. The van der Waals surface area contributed by atoms with Crippen molar-refractivity contribution in [2.45, 2.75) is 51.8 Å². The van der Waals surface area contributed by atoms with Gasteiger partial charge in [-0.05, 0) is 39.3 Å². The van der Waals surface area contributed by atoms with Crippen molar-refractivity contribution in [2.24, 2.45) is 0 Å². The molecule has 1 rings (SSSR count). The Labute approximate surface area is 91.5 Å². The fourth-order valence-electron chi connectivity index (χ4n) is 1.85. The lowest BCUT2D eigenvalue weighted by molar-refractivity contribution is 0.168. The number of aliphatic hydroxyl groups is 1. The zero-order valence-corrected chi connectivity index (χ0v) is 9.73. The number of aliphatic hydroxyl groups excluding tert-OH is 1. The summed E-state index contributed by atoms with van der Waals surface area (Å²) in [6.45, 7) is 6.03. The topological polar surface area (TPSA) is 45.4 Å². The van der Waals surface area contributed by atoms with Gasteiger partial charge < -0.3 is 14.8 Å². The summed E-state index contributed by atoms with van der Waals surface area (Å²) in [6.07, 6.45) is 3.12. The highest BCUT2D eigenvalue weighted by Gasteiger charge is 2.11. The van der Waals surface area contributed by atoms with Gasteiger partial charge in [0.15, 0.2) is 0 Å². The van der Waals surface area contributed by atoms with Crippen LogP contribution in [-0.2, 0) is 6.42 Å². The maximum atomic E-state index is 9.23. The van der Waals surface area contributed by atoms with E-state index in [0.29, 0.717) is 12.1 Å². The van der Waals surface area contributed by atoms with Crippen LogP contribution in [0.1, 0.15) is 33.0 Å². The van der Waals surface area contributed by atoms with Crippen LogP contribution in [0.15, 0.2) is 22.8 Å². The number of furan rings is 1. The molecular weight excluding hydrogens is 190 g/mol. The fraction of sp³-hybridized carbons (Fsp3) is 0.667. The van der Waals surface area contributed by atoms with Gasteiger partial charge in [0.2, 0.25) is 0 Å². The number of nitrogens with one attached hydrogen (secondary N) is 1. The smallest absolute Gasteiger partial charge is 0.105 e. The normalized spacial score (nSPS) is 17.3. The van der Waals surface area contributed by atoms with Gasteiger partial charge in [-0.2, -0.15) is 0 Å². The van der Waals surface area contributed by atoms with Crippen molar-refractivity contribution in [3.63, 3.8) is 0 Å². The second kappa shape index (κ2) is 5.93. The zero-order chi connectivity index (χ0) is 11.3. The first kappa shape index (κ1) is 12.3. The molecule has 2 N–H and O–H groups in total. The van der Waals surface area contributed by atoms with Gasteiger partial charge in [-0.3, -0.25) is 0 Å². The van der Waals surface area contributed by atoms with Crippen molar-refractivity contribution >= 4 is 0 Å². The van der Waals surface area contributed by atoms with Crippen molar-refractivity contribution in [3.8, 4) is 0 Å². The average Bonchev–Trinajstić information content (AvgIpc) is 2.53.